The molecule has 2 aromatic rings. The average Bonchev–Trinajstić information content (AvgIpc) is 2.59. The van der Waals surface area contributed by atoms with E-state index in [1.807, 2.05) is 18.2 Å². The van der Waals surface area contributed by atoms with E-state index in [-0.39, 0.29) is 11.8 Å². The standard InChI is InChI=1S/C18H17F3N2O2/c19-18(20,21)13-6-9-15(10-7-13)25-17(24)22-11-14-8-5-12-3-1-2-4-16(12)23-14/h1-4,6-7,9-10,14,23H,5,8,11H2,(H,22,24). The van der Waals surface area contributed by atoms with Gasteiger partial charge in [-0.3, -0.25) is 0 Å². The van der Waals surface area contributed by atoms with Gasteiger partial charge >= 0.3 is 12.3 Å². The Morgan fingerprint density at radius 2 is 1.88 bits per heavy atom. The Balaban J connectivity index is 1.49. The predicted molar refractivity (Wildman–Crippen MR) is 87.6 cm³/mol. The fourth-order valence-corrected chi connectivity index (χ4v) is 2.72. The first-order valence-corrected chi connectivity index (χ1v) is 7.89. The van der Waals surface area contributed by atoms with E-state index in [1.165, 1.54) is 5.56 Å². The Morgan fingerprint density at radius 1 is 1.16 bits per heavy atom. The lowest BCUT2D eigenvalue weighted by Gasteiger charge is -2.27. The molecule has 4 nitrogen and oxygen atoms in total. The number of anilines is 1. The number of benzene rings is 2. The number of carbonyl (C=O) groups is 1. The summed E-state index contributed by atoms with van der Waals surface area (Å²) >= 11 is 0. The van der Waals surface area contributed by atoms with Gasteiger partial charge in [0.05, 0.1) is 5.56 Å². The summed E-state index contributed by atoms with van der Waals surface area (Å²) in [4.78, 5) is 11.8. The van der Waals surface area contributed by atoms with Crippen LogP contribution < -0.4 is 15.4 Å². The van der Waals surface area contributed by atoms with Crippen molar-refractivity contribution >= 4 is 11.8 Å². The van der Waals surface area contributed by atoms with E-state index in [2.05, 4.69) is 16.7 Å². The monoisotopic (exact) mass is 350 g/mol. The van der Waals surface area contributed by atoms with Crippen molar-refractivity contribution in [1.29, 1.82) is 0 Å². The van der Waals surface area contributed by atoms with Crippen molar-refractivity contribution in [2.75, 3.05) is 11.9 Å². The molecule has 0 saturated carbocycles. The van der Waals surface area contributed by atoms with E-state index in [9.17, 15) is 18.0 Å². The number of para-hydroxylation sites is 1. The zero-order chi connectivity index (χ0) is 17.9. The van der Waals surface area contributed by atoms with Crippen LogP contribution in [0, 0.1) is 0 Å². The number of rotatable bonds is 3. The van der Waals surface area contributed by atoms with Crippen LogP contribution in [0.4, 0.5) is 23.7 Å². The van der Waals surface area contributed by atoms with Gasteiger partial charge in [0.15, 0.2) is 0 Å². The highest BCUT2D eigenvalue weighted by atomic mass is 19.4. The van der Waals surface area contributed by atoms with Gasteiger partial charge in [-0.05, 0) is 48.7 Å². The Morgan fingerprint density at radius 3 is 2.60 bits per heavy atom. The number of amides is 1. The largest absolute Gasteiger partial charge is 0.416 e. The molecular formula is C18H17F3N2O2. The molecule has 1 aliphatic rings. The van der Waals surface area contributed by atoms with E-state index in [0.29, 0.717) is 6.54 Å². The summed E-state index contributed by atoms with van der Waals surface area (Å²) in [7, 11) is 0. The molecule has 1 heterocycles. The Hall–Kier alpha value is -2.70. The molecule has 2 aromatic carbocycles. The number of fused-ring (bicyclic) bond motifs is 1. The number of alkyl halides is 3. The molecule has 0 radical (unpaired) electrons. The quantitative estimate of drug-likeness (QED) is 0.871. The third kappa shape index (κ3) is 4.43. The van der Waals surface area contributed by atoms with Gasteiger partial charge in [0.25, 0.3) is 0 Å². The van der Waals surface area contributed by atoms with Crippen LogP contribution in [0.5, 0.6) is 5.75 Å². The molecule has 0 aromatic heterocycles. The van der Waals surface area contributed by atoms with Crippen molar-refractivity contribution in [1.82, 2.24) is 5.32 Å². The van der Waals surface area contributed by atoms with Crippen molar-refractivity contribution in [3.05, 3.63) is 59.7 Å². The van der Waals surface area contributed by atoms with Crippen molar-refractivity contribution in [2.45, 2.75) is 25.1 Å². The summed E-state index contributed by atoms with van der Waals surface area (Å²) in [6.45, 7) is 0.369. The second-order valence-corrected chi connectivity index (χ2v) is 5.83. The maximum atomic E-state index is 12.5. The summed E-state index contributed by atoms with van der Waals surface area (Å²) in [5, 5.41) is 5.98. The smallest absolute Gasteiger partial charge is 0.410 e. The number of nitrogens with one attached hydrogen (secondary N) is 2. The third-order valence-electron chi connectivity index (χ3n) is 4.02. The van der Waals surface area contributed by atoms with Crippen LogP contribution in [0.1, 0.15) is 17.5 Å². The third-order valence-corrected chi connectivity index (χ3v) is 4.02. The minimum atomic E-state index is -4.41. The van der Waals surface area contributed by atoms with Gasteiger partial charge in [0.2, 0.25) is 0 Å². The van der Waals surface area contributed by atoms with E-state index < -0.39 is 17.8 Å². The topological polar surface area (TPSA) is 50.4 Å². The normalized spacial score (nSPS) is 16.5. The first kappa shape index (κ1) is 17.1. The van der Waals surface area contributed by atoms with Crippen molar-refractivity contribution < 1.29 is 22.7 Å². The molecule has 1 atom stereocenters. The van der Waals surface area contributed by atoms with E-state index >= 15 is 0 Å². The van der Waals surface area contributed by atoms with E-state index in [1.54, 1.807) is 0 Å². The summed E-state index contributed by atoms with van der Waals surface area (Å²) in [6, 6.07) is 12.1. The summed E-state index contributed by atoms with van der Waals surface area (Å²) in [5.41, 5.74) is 1.51. The first-order chi connectivity index (χ1) is 11.9. The van der Waals surface area contributed by atoms with Crippen LogP contribution in [-0.4, -0.2) is 18.7 Å². The molecule has 0 spiro atoms. The van der Waals surface area contributed by atoms with Gasteiger partial charge in [-0.1, -0.05) is 18.2 Å². The summed E-state index contributed by atoms with van der Waals surface area (Å²) in [5.74, 6) is 0.0625. The van der Waals surface area contributed by atoms with Gasteiger partial charge in [-0.15, -0.1) is 0 Å². The summed E-state index contributed by atoms with van der Waals surface area (Å²) in [6.07, 6.45) is -3.31. The van der Waals surface area contributed by atoms with Crippen LogP contribution in [0.15, 0.2) is 48.5 Å². The molecule has 1 unspecified atom stereocenters. The van der Waals surface area contributed by atoms with Gasteiger partial charge in [0.1, 0.15) is 5.75 Å². The Labute approximate surface area is 143 Å². The van der Waals surface area contributed by atoms with Crippen LogP contribution >= 0.6 is 0 Å². The number of aryl methyl sites for hydroxylation is 1. The fraction of sp³-hybridized carbons (Fsp3) is 0.278. The number of hydrogen-bond donors (Lipinski definition) is 2. The van der Waals surface area contributed by atoms with Crippen LogP contribution in [0.25, 0.3) is 0 Å². The van der Waals surface area contributed by atoms with E-state index in [4.69, 9.17) is 4.74 Å². The number of halogens is 3. The highest BCUT2D eigenvalue weighted by molar-refractivity contribution is 5.70. The van der Waals surface area contributed by atoms with Crippen molar-refractivity contribution in [3.8, 4) is 5.75 Å². The highest BCUT2D eigenvalue weighted by Gasteiger charge is 2.30. The zero-order valence-electron chi connectivity index (χ0n) is 13.3. The maximum absolute atomic E-state index is 12.5. The molecule has 1 amide bonds. The molecule has 0 fully saturated rings. The molecule has 132 valence electrons. The molecular weight excluding hydrogens is 333 g/mol. The lowest BCUT2D eigenvalue weighted by atomic mass is 9.98. The molecule has 1 aliphatic heterocycles. The van der Waals surface area contributed by atoms with E-state index in [0.717, 1.165) is 42.8 Å². The van der Waals surface area contributed by atoms with Crippen LogP contribution in [0.2, 0.25) is 0 Å². The predicted octanol–water partition coefficient (Wildman–Crippen LogP) is 4.22. The number of hydrogen-bond acceptors (Lipinski definition) is 3. The Kier molecular flexibility index (Phi) is 4.83. The van der Waals surface area contributed by atoms with Crippen molar-refractivity contribution in [3.63, 3.8) is 0 Å². The van der Waals surface area contributed by atoms with Gasteiger partial charge < -0.3 is 15.4 Å². The minimum Gasteiger partial charge on any atom is -0.410 e. The van der Waals surface area contributed by atoms with Gasteiger partial charge in [-0.25, -0.2) is 4.79 Å². The second-order valence-electron chi connectivity index (χ2n) is 5.83. The molecule has 3 rings (SSSR count). The average molecular weight is 350 g/mol. The summed E-state index contributed by atoms with van der Waals surface area (Å²) < 4.78 is 42.5. The van der Waals surface area contributed by atoms with Crippen LogP contribution in [0.3, 0.4) is 0 Å². The second kappa shape index (κ2) is 7.04. The fourth-order valence-electron chi connectivity index (χ4n) is 2.72. The maximum Gasteiger partial charge on any atom is 0.416 e. The van der Waals surface area contributed by atoms with Crippen LogP contribution in [-0.2, 0) is 12.6 Å². The Bertz CT molecular complexity index is 745. The zero-order valence-corrected chi connectivity index (χ0v) is 13.3. The molecule has 2 N–H and O–H groups in total. The molecule has 0 bridgehead atoms. The molecule has 7 heteroatoms. The molecule has 25 heavy (non-hydrogen) atoms. The number of carbonyl (C=O) groups excluding carboxylic acids is 1. The number of ether oxygens (including phenoxy) is 1. The van der Waals surface area contributed by atoms with Crippen molar-refractivity contribution in [2.24, 2.45) is 0 Å². The van der Waals surface area contributed by atoms with Gasteiger partial charge in [-0.2, -0.15) is 13.2 Å². The lowest BCUT2D eigenvalue weighted by molar-refractivity contribution is -0.137. The first-order valence-electron chi connectivity index (χ1n) is 7.89. The SMILES string of the molecule is O=C(NCC1CCc2ccccc2N1)Oc1ccc(C(F)(F)F)cc1. The van der Waals surface area contributed by atoms with Gasteiger partial charge in [0, 0.05) is 18.3 Å². The minimum absolute atomic E-state index is 0.0625. The molecule has 0 aliphatic carbocycles. The lowest BCUT2D eigenvalue weighted by Crippen LogP contribution is -2.39. The molecule has 0 saturated heterocycles. The highest BCUT2D eigenvalue weighted by Crippen LogP contribution is 2.30.